The van der Waals surface area contributed by atoms with E-state index in [2.05, 4.69) is 4.98 Å². The van der Waals surface area contributed by atoms with Gasteiger partial charge in [-0.05, 0) is 70.3 Å². The van der Waals surface area contributed by atoms with Crippen LogP contribution in [0, 0.1) is 23.7 Å². The molecule has 53 heavy (non-hydrogen) atoms. The number of nitrogens with zero attached hydrogens (tertiary/aromatic N) is 3. The molecule has 1 N–H and O–H groups in total. The zero-order valence-corrected chi connectivity index (χ0v) is 29.2. The van der Waals surface area contributed by atoms with Crippen molar-refractivity contribution >= 4 is 41.0 Å². The molecule has 5 aromatic rings. The molecule has 1 saturated heterocycles. The Labute approximate surface area is 311 Å². The maximum atomic E-state index is 14.6. The maximum absolute atomic E-state index is 14.6. The van der Waals surface area contributed by atoms with Gasteiger partial charge in [0.2, 0.25) is 11.8 Å². The number of fused-ring (bicyclic) bond motifs is 5. The normalized spacial score (nSPS) is 22.5. The average Bonchev–Trinajstić information content (AvgIpc) is 3.82. The second-order valence-corrected chi connectivity index (χ2v) is 13.7. The molecule has 8 rings (SSSR count). The van der Waals surface area contributed by atoms with Crippen molar-refractivity contribution in [3.63, 3.8) is 0 Å². The van der Waals surface area contributed by atoms with Crippen LogP contribution in [0.1, 0.15) is 28.1 Å². The number of hydrogen-bond donors (Lipinski definition) is 1. The fourth-order valence-electron chi connectivity index (χ4n) is 8.16. The Hall–Kier alpha value is -5.96. The molecule has 5 atom stereocenters. The number of allylic oxidation sites excluding steroid dienone is 2. The van der Waals surface area contributed by atoms with Crippen LogP contribution in [0.5, 0.6) is 0 Å². The first-order valence-electron chi connectivity index (χ1n) is 17.4. The minimum Gasteiger partial charge on any atom is -0.461 e. The predicted octanol–water partition coefficient (Wildman–Crippen LogP) is 6.91. The molecule has 3 aromatic carbocycles. The van der Waals surface area contributed by atoms with Crippen molar-refractivity contribution in [2.75, 3.05) is 13.2 Å². The topological polar surface area (TPSA) is 110 Å². The lowest BCUT2D eigenvalue weighted by Gasteiger charge is -2.36. The quantitative estimate of drug-likeness (QED) is 0.0723. The van der Waals surface area contributed by atoms with Gasteiger partial charge in [0, 0.05) is 40.9 Å². The van der Waals surface area contributed by atoms with E-state index in [0.29, 0.717) is 27.5 Å². The highest BCUT2D eigenvalue weighted by Gasteiger charge is 2.66. The minimum atomic E-state index is -1.72. The van der Waals surface area contributed by atoms with Gasteiger partial charge in [0.25, 0.3) is 0 Å². The summed E-state index contributed by atoms with van der Waals surface area (Å²) in [5.41, 5.74) is 3.94. The van der Waals surface area contributed by atoms with Gasteiger partial charge in [-0.15, -0.1) is 0 Å². The van der Waals surface area contributed by atoms with Crippen LogP contribution in [0.2, 0.25) is 5.02 Å². The van der Waals surface area contributed by atoms with Gasteiger partial charge in [-0.1, -0.05) is 103 Å². The first-order valence-corrected chi connectivity index (χ1v) is 17.8. The average molecular weight is 720 g/mol. The van der Waals surface area contributed by atoms with Gasteiger partial charge < -0.3 is 9.84 Å². The van der Waals surface area contributed by atoms with Gasteiger partial charge in [0.05, 0.1) is 29.8 Å². The van der Waals surface area contributed by atoms with Crippen LogP contribution in [0.25, 0.3) is 11.6 Å². The molecule has 3 aliphatic rings. The third-order valence-corrected chi connectivity index (χ3v) is 10.6. The largest absolute Gasteiger partial charge is 0.461 e. The van der Waals surface area contributed by atoms with Crippen LogP contribution in [0.3, 0.4) is 0 Å². The molecule has 262 valence electrons. The number of pyridine rings is 2. The minimum absolute atomic E-state index is 0.0893. The van der Waals surface area contributed by atoms with Gasteiger partial charge in [0.15, 0.2) is 5.60 Å². The van der Waals surface area contributed by atoms with Crippen molar-refractivity contribution in [3.8, 4) is 0 Å². The van der Waals surface area contributed by atoms with Gasteiger partial charge in [-0.2, -0.15) is 0 Å². The van der Waals surface area contributed by atoms with Crippen LogP contribution < -0.4 is 0 Å². The lowest BCUT2D eigenvalue weighted by Crippen LogP contribution is -2.39. The highest BCUT2D eigenvalue weighted by atomic mass is 35.5. The number of halogens is 1. The Kier molecular flexibility index (Phi) is 9.16. The molecule has 2 amide bonds. The number of imide groups is 1. The maximum Gasteiger partial charge on any atom is 0.330 e. The Morgan fingerprint density at radius 3 is 2.15 bits per heavy atom. The van der Waals surface area contributed by atoms with E-state index in [1.54, 1.807) is 54.9 Å². The number of amides is 2. The van der Waals surface area contributed by atoms with Crippen LogP contribution in [-0.4, -0.2) is 50.9 Å². The summed E-state index contributed by atoms with van der Waals surface area (Å²) in [6.45, 7) is -0.252. The van der Waals surface area contributed by atoms with Gasteiger partial charge in [-0.3, -0.25) is 24.5 Å². The summed E-state index contributed by atoms with van der Waals surface area (Å²) in [4.78, 5) is 52.1. The number of carbonyl (C=O) groups is 3. The number of ether oxygens (including phenoxy) is 1. The second kappa shape index (κ2) is 14.2. The monoisotopic (exact) mass is 719 g/mol. The van der Waals surface area contributed by atoms with E-state index in [9.17, 15) is 19.5 Å². The number of likely N-dealkylation sites (tertiary alicyclic amines) is 1. The predicted molar refractivity (Wildman–Crippen MR) is 201 cm³/mol. The molecule has 2 fully saturated rings. The molecule has 0 spiro atoms. The second-order valence-electron chi connectivity index (χ2n) is 13.3. The summed E-state index contributed by atoms with van der Waals surface area (Å²) in [6.07, 6.45) is 8.24. The standard InChI is InChI=1S/C44H34ClN3O5/c45-31-20-17-28(18-21-31)19-22-36(49)53-26-25-48-42(50)39-32-27-33(44(52,30-13-5-2-6-14-30)35-16-8-10-24-47-35)40(41(39)43(48)51)38(32)37(29-11-3-1-4-12-29)34-15-7-9-23-46-34/h1-24,27,32,39-41,52H,25-26H2/b22-19+,38-37?/t32-,39-,40+,41-,44?/m0/s1. The molecular formula is C44H34ClN3O5. The van der Waals surface area contributed by atoms with Gasteiger partial charge in [-0.25, -0.2) is 4.79 Å². The van der Waals surface area contributed by atoms with Crippen LogP contribution >= 0.6 is 11.6 Å². The fraction of sp³-hybridized carbons (Fsp3) is 0.159. The highest BCUT2D eigenvalue weighted by molar-refractivity contribution is 6.30. The Balaban J connectivity index is 1.18. The number of benzene rings is 3. The zero-order chi connectivity index (χ0) is 36.5. The molecule has 2 bridgehead atoms. The Morgan fingerprint density at radius 2 is 1.47 bits per heavy atom. The van der Waals surface area contributed by atoms with Gasteiger partial charge >= 0.3 is 5.97 Å². The first-order chi connectivity index (χ1) is 25.9. The number of hydrogen-bond acceptors (Lipinski definition) is 7. The molecule has 2 aromatic heterocycles. The summed E-state index contributed by atoms with van der Waals surface area (Å²) in [7, 11) is 0. The van der Waals surface area contributed by atoms with Crippen molar-refractivity contribution in [2.24, 2.45) is 23.7 Å². The molecule has 9 heteroatoms. The van der Waals surface area contributed by atoms with Crippen LogP contribution in [0.4, 0.5) is 0 Å². The Morgan fingerprint density at radius 1 is 0.811 bits per heavy atom. The number of aliphatic hydroxyl groups is 1. The molecule has 0 radical (unpaired) electrons. The van der Waals surface area contributed by atoms with E-state index in [0.717, 1.165) is 22.3 Å². The van der Waals surface area contributed by atoms with Crippen molar-refractivity contribution in [1.29, 1.82) is 0 Å². The smallest absolute Gasteiger partial charge is 0.330 e. The molecule has 8 nitrogen and oxygen atoms in total. The van der Waals surface area contributed by atoms with Gasteiger partial charge in [0.1, 0.15) is 6.61 Å². The van der Waals surface area contributed by atoms with Crippen LogP contribution in [0.15, 0.2) is 157 Å². The lowest BCUT2D eigenvalue weighted by atomic mass is 9.71. The molecular weight excluding hydrogens is 686 g/mol. The summed E-state index contributed by atoms with van der Waals surface area (Å²) in [6, 6.07) is 37.2. The van der Waals surface area contributed by atoms with E-state index >= 15 is 0 Å². The number of aromatic nitrogens is 2. The molecule has 1 saturated carbocycles. The zero-order valence-electron chi connectivity index (χ0n) is 28.5. The summed E-state index contributed by atoms with van der Waals surface area (Å²) in [5.74, 6) is -4.00. The Bertz CT molecular complexity index is 2180. The summed E-state index contributed by atoms with van der Waals surface area (Å²) >= 11 is 5.95. The molecule has 2 aliphatic carbocycles. The molecule has 3 heterocycles. The van der Waals surface area contributed by atoms with E-state index < -0.39 is 35.2 Å². The van der Waals surface area contributed by atoms with Crippen LogP contribution in [-0.2, 0) is 24.7 Å². The highest BCUT2D eigenvalue weighted by Crippen LogP contribution is 2.64. The van der Waals surface area contributed by atoms with E-state index in [1.165, 1.54) is 11.0 Å². The fourth-order valence-corrected chi connectivity index (χ4v) is 8.28. The third kappa shape index (κ3) is 6.09. The summed E-state index contributed by atoms with van der Waals surface area (Å²) in [5, 5.41) is 13.6. The van der Waals surface area contributed by atoms with Crippen molar-refractivity contribution < 1.29 is 24.2 Å². The number of esters is 1. The van der Waals surface area contributed by atoms with Crippen molar-refractivity contribution in [2.45, 2.75) is 5.60 Å². The van der Waals surface area contributed by atoms with E-state index in [1.807, 2.05) is 91.0 Å². The third-order valence-electron chi connectivity index (χ3n) is 10.4. The number of rotatable bonds is 10. The SMILES string of the molecule is O=C(/C=C/c1ccc(Cl)cc1)OCCN1C(=O)[C@@H]2[C@@H]3C(C(O)(c4ccccc4)c4ccccn4)=C[C@@H](C3=C(c3ccccc3)c3ccccn3)[C@@H]2C1=O. The van der Waals surface area contributed by atoms with Crippen molar-refractivity contribution in [1.82, 2.24) is 14.9 Å². The van der Waals surface area contributed by atoms with Crippen molar-refractivity contribution in [3.05, 3.63) is 190 Å². The molecule has 1 unspecified atom stereocenters. The van der Waals surface area contributed by atoms with E-state index in [4.69, 9.17) is 21.3 Å². The van der Waals surface area contributed by atoms with E-state index in [-0.39, 0.29) is 25.0 Å². The molecule has 1 aliphatic heterocycles. The number of carbonyl (C=O) groups excluding carboxylic acids is 3. The summed E-state index contributed by atoms with van der Waals surface area (Å²) < 4.78 is 5.43. The lowest BCUT2D eigenvalue weighted by molar-refractivity contribution is -0.145. The first kappa shape index (κ1) is 34.1.